The molecule has 60 heavy (non-hydrogen) atoms. The van der Waals surface area contributed by atoms with E-state index in [0.717, 1.165) is 109 Å². The van der Waals surface area contributed by atoms with E-state index < -0.39 is 0 Å². The summed E-state index contributed by atoms with van der Waals surface area (Å²) in [5, 5.41) is 3.06. The van der Waals surface area contributed by atoms with Crippen molar-refractivity contribution in [1.82, 2.24) is 34.6 Å². The van der Waals surface area contributed by atoms with E-state index in [4.69, 9.17) is 9.97 Å². The third kappa shape index (κ3) is 7.00. The number of aromatic nitrogens is 4. The lowest BCUT2D eigenvalue weighted by Gasteiger charge is -2.18. The molecule has 294 valence electrons. The predicted molar refractivity (Wildman–Crippen MR) is 248 cm³/mol. The topological polar surface area (TPSA) is 96.2 Å². The minimum absolute atomic E-state index is 0.154. The smallest absolute Gasteiger partial charge is 0.255 e. The second-order valence-corrected chi connectivity index (χ2v) is 15.6. The Balaban J connectivity index is 1.25. The Kier molecular flexibility index (Phi) is 9.33. The van der Waals surface area contributed by atoms with Crippen molar-refractivity contribution < 1.29 is 4.79 Å². The van der Waals surface area contributed by atoms with Crippen LogP contribution in [0.15, 0.2) is 134 Å². The van der Waals surface area contributed by atoms with Gasteiger partial charge in [-0.25, -0.2) is 9.97 Å². The molecule has 1 amide bonds. The summed E-state index contributed by atoms with van der Waals surface area (Å²) < 4.78 is 0. The lowest BCUT2D eigenvalue weighted by Crippen LogP contribution is -2.13. The molecule has 0 aliphatic carbocycles. The number of hydrogen-bond donors (Lipinski definition) is 3. The molecule has 8 bridgehead atoms. The zero-order valence-electron chi connectivity index (χ0n) is 33.8. The number of rotatable bonds is 6. The summed E-state index contributed by atoms with van der Waals surface area (Å²) in [6, 6.07) is 25.9. The highest BCUT2D eigenvalue weighted by atomic mass is 16.1. The molecule has 3 N–H and O–H groups in total. The zero-order chi connectivity index (χ0) is 40.7. The predicted octanol–water partition coefficient (Wildman–Crippen LogP) is 10.1. The van der Waals surface area contributed by atoms with Crippen molar-refractivity contribution in [1.29, 1.82) is 0 Å². The third-order valence-corrected chi connectivity index (χ3v) is 11.4. The highest BCUT2D eigenvalue weighted by Crippen LogP contribution is 2.37. The molecule has 0 fully saturated rings. The van der Waals surface area contributed by atoms with Gasteiger partial charge in [-0.3, -0.25) is 4.79 Å². The molecule has 9 heteroatoms. The molecule has 5 aliphatic heterocycles. The van der Waals surface area contributed by atoms with Crippen molar-refractivity contribution in [2.75, 3.05) is 46.1 Å². The summed E-state index contributed by atoms with van der Waals surface area (Å²) >= 11 is 0. The number of fused-ring (bicyclic) bond motifs is 8. The van der Waals surface area contributed by atoms with Crippen LogP contribution < -0.4 is 5.32 Å². The van der Waals surface area contributed by atoms with Crippen LogP contribution in [0.3, 0.4) is 0 Å². The van der Waals surface area contributed by atoms with E-state index >= 15 is 0 Å². The summed E-state index contributed by atoms with van der Waals surface area (Å²) in [6.45, 7) is 2.38. The SMILES string of the molecule is CN1C=CC(c2c3nc(c(C4=CCN(C)C=C4)c4ccc([nH]4)c(-c4ccc(NC(=O)c5ccccc5)cc4)c4nc(c(C5=CCN(C)C=C5)c5ccc2[nH]5)C=C4)C=C3)=CC1. The number of carbonyl (C=O) groups excluding carboxylic acids is 1. The number of nitrogens with zero attached hydrogens (tertiary/aromatic N) is 5. The molecule has 2 aromatic carbocycles. The number of benzene rings is 2. The fraction of sp³-hybridized carbons (Fsp3) is 0.118. The summed E-state index contributed by atoms with van der Waals surface area (Å²) in [6.07, 6.45) is 28.2. The summed E-state index contributed by atoms with van der Waals surface area (Å²) in [4.78, 5) is 38.1. The molecular formula is C51H44N8O. The van der Waals surface area contributed by atoms with Gasteiger partial charge in [-0.1, -0.05) is 48.6 Å². The van der Waals surface area contributed by atoms with Gasteiger partial charge in [-0.15, -0.1) is 0 Å². The Hall–Kier alpha value is -7.65. The maximum atomic E-state index is 13.1. The van der Waals surface area contributed by atoms with Gasteiger partial charge in [0.1, 0.15) is 0 Å². The fourth-order valence-corrected chi connectivity index (χ4v) is 8.23. The van der Waals surface area contributed by atoms with Gasteiger partial charge in [0, 0.05) is 96.3 Å². The summed E-state index contributed by atoms with van der Waals surface area (Å²) in [5.41, 5.74) is 16.9. The first-order chi connectivity index (χ1) is 29.3. The Morgan fingerprint density at radius 3 is 1.30 bits per heavy atom. The first-order valence-electron chi connectivity index (χ1n) is 20.2. The van der Waals surface area contributed by atoms with E-state index in [9.17, 15) is 4.79 Å². The van der Waals surface area contributed by atoms with E-state index in [1.807, 2.05) is 42.5 Å². The van der Waals surface area contributed by atoms with Gasteiger partial charge in [0.25, 0.3) is 5.91 Å². The van der Waals surface area contributed by atoms with E-state index in [2.05, 4.69) is 167 Å². The normalized spacial score (nSPS) is 15.7. The van der Waals surface area contributed by atoms with Crippen LogP contribution in [0.25, 0.3) is 74.2 Å². The number of amides is 1. The number of nitrogens with one attached hydrogen (secondary N) is 3. The maximum Gasteiger partial charge on any atom is 0.255 e. The van der Waals surface area contributed by atoms with Crippen LogP contribution in [0, 0.1) is 0 Å². The highest BCUT2D eigenvalue weighted by molar-refractivity contribution is 6.05. The molecule has 5 aliphatic rings. The van der Waals surface area contributed by atoms with Crippen LogP contribution >= 0.6 is 0 Å². The van der Waals surface area contributed by atoms with Crippen LogP contribution in [0.2, 0.25) is 0 Å². The van der Waals surface area contributed by atoms with E-state index in [1.54, 1.807) is 0 Å². The quantitative estimate of drug-likeness (QED) is 0.155. The molecule has 9 nitrogen and oxygen atoms in total. The van der Waals surface area contributed by atoms with Gasteiger partial charge in [-0.2, -0.15) is 0 Å². The van der Waals surface area contributed by atoms with Crippen molar-refractivity contribution >= 4 is 74.7 Å². The van der Waals surface area contributed by atoms with Gasteiger partial charge < -0.3 is 30.0 Å². The van der Waals surface area contributed by atoms with Gasteiger partial charge in [-0.05, 0) is 132 Å². The van der Waals surface area contributed by atoms with Gasteiger partial charge in [0.05, 0.1) is 22.8 Å². The first kappa shape index (κ1) is 36.7. The standard InChI is InChI=1S/C51H44N8O/c1-57-27-21-34(22-28-57)48-41-15-13-39(53-41)47(33-9-11-38(12-10-33)52-51(60)37-7-5-4-6-8-37)40-14-16-42(54-40)49(35-23-29-58(2)30-24-35)44-18-20-46(56-44)50(45-19-17-43(48)55-45)36-25-31-59(3)32-26-36/h4-27,29,31,53,56H,28,30,32H2,1-3H3,(H,52,60). The molecule has 0 radical (unpaired) electrons. The van der Waals surface area contributed by atoms with E-state index in [-0.39, 0.29) is 5.91 Å². The van der Waals surface area contributed by atoms with Crippen molar-refractivity contribution in [3.63, 3.8) is 0 Å². The number of carbonyl (C=O) groups is 1. The molecule has 0 atom stereocenters. The van der Waals surface area contributed by atoms with Crippen LogP contribution in [0.4, 0.5) is 5.69 Å². The minimum Gasteiger partial charge on any atom is -0.377 e. The van der Waals surface area contributed by atoms with Gasteiger partial charge in [0.2, 0.25) is 0 Å². The van der Waals surface area contributed by atoms with Crippen molar-refractivity contribution in [3.8, 4) is 11.1 Å². The third-order valence-electron chi connectivity index (χ3n) is 11.4. The van der Waals surface area contributed by atoms with E-state index in [1.165, 1.54) is 0 Å². The molecule has 5 aromatic rings. The lowest BCUT2D eigenvalue weighted by molar-refractivity contribution is 0.102. The second kappa shape index (κ2) is 15.3. The lowest BCUT2D eigenvalue weighted by atomic mass is 10.0. The van der Waals surface area contributed by atoms with Crippen LogP contribution in [0.1, 0.15) is 49.8 Å². The average molecular weight is 785 g/mol. The molecule has 3 aromatic heterocycles. The Morgan fingerprint density at radius 1 is 0.500 bits per heavy atom. The van der Waals surface area contributed by atoms with E-state index in [0.29, 0.717) is 11.3 Å². The Labute approximate surface area is 349 Å². The molecule has 8 heterocycles. The number of hydrogen-bond acceptors (Lipinski definition) is 6. The highest BCUT2D eigenvalue weighted by Gasteiger charge is 2.21. The summed E-state index contributed by atoms with van der Waals surface area (Å²) in [5.74, 6) is -0.154. The first-order valence-corrected chi connectivity index (χ1v) is 20.2. The van der Waals surface area contributed by atoms with Crippen molar-refractivity contribution in [2.45, 2.75) is 0 Å². The average Bonchev–Trinajstić information content (AvgIpc) is 4.12. The van der Waals surface area contributed by atoms with Crippen molar-refractivity contribution in [2.24, 2.45) is 0 Å². The molecule has 0 saturated carbocycles. The maximum absolute atomic E-state index is 13.1. The molecule has 0 unspecified atom stereocenters. The zero-order valence-corrected chi connectivity index (χ0v) is 33.8. The number of allylic oxidation sites excluding steroid dienone is 6. The van der Waals surface area contributed by atoms with Gasteiger partial charge in [0.15, 0.2) is 0 Å². The number of anilines is 1. The van der Waals surface area contributed by atoms with Crippen LogP contribution in [0.5, 0.6) is 0 Å². The molecular weight excluding hydrogens is 741 g/mol. The minimum atomic E-state index is -0.154. The van der Waals surface area contributed by atoms with Gasteiger partial charge >= 0.3 is 0 Å². The second-order valence-electron chi connectivity index (χ2n) is 15.6. The van der Waals surface area contributed by atoms with Crippen molar-refractivity contribution in [3.05, 3.63) is 179 Å². The molecule has 10 rings (SSSR count). The van der Waals surface area contributed by atoms with Crippen LogP contribution in [-0.2, 0) is 0 Å². The number of likely N-dealkylation sites (N-methyl/N-ethyl adjacent to an activating group) is 3. The monoisotopic (exact) mass is 784 g/mol. The number of H-pyrrole nitrogens is 2. The fourth-order valence-electron chi connectivity index (χ4n) is 8.23. The molecule has 0 saturated heterocycles. The van der Waals surface area contributed by atoms with Crippen LogP contribution in [-0.4, -0.2) is 81.3 Å². The number of aromatic amines is 2. The molecule has 0 spiro atoms. The largest absolute Gasteiger partial charge is 0.377 e. The summed E-state index contributed by atoms with van der Waals surface area (Å²) in [7, 11) is 6.25. The Bertz CT molecular complexity index is 2950. The Morgan fingerprint density at radius 2 is 0.900 bits per heavy atom.